The smallest absolute Gasteiger partial charge is 0.311 e. The van der Waals surface area contributed by atoms with Gasteiger partial charge in [-0.25, -0.2) is 0 Å². The average molecular weight is 207 g/mol. The first-order valence-corrected chi connectivity index (χ1v) is 4.85. The van der Waals surface area contributed by atoms with E-state index in [-0.39, 0.29) is 12.9 Å². The van der Waals surface area contributed by atoms with Crippen LogP contribution in [0.15, 0.2) is 30.4 Å². The molecular weight excluding hydrogens is 198 g/mol. The molecule has 1 aromatic rings. The van der Waals surface area contributed by atoms with Crippen molar-refractivity contribution in [3.05, 3.63) is 36.0 Å². The summed E-state index contributed by atoms with van der Waals surface area (Å²) in [5.74, 6) is -0.0247. The fraction of sp³-hybridized carbons (Fsp3) is 0.400. The van der Waals surface area contributed by atoms with E-state index in [4.69, 9.17) is 19.0 Å². The number of hydrogen-bond donors (Lipinski definition) is 0. The highest BCUT2D eigenvalue weighted by Gasteiger charge is 2.57. The molecule has 0 amide bonds. The highest BCUT2D eigenvalue weighted by molar-refractivity contribution is 5.21. The topological polar surface area (TPSA) is 41.9 Å². The molecule has 5 heteroatoms. The van der Waals surface area contributed by atoms with Gasteiger partial charge in [0.2, 0.25) is 6.10 Å². The standard InChI is InChI=1S/C10H9NO4/c1-2-7-4-10(15-11(7)3-1)9-8(5-14-10)12-6-13-9/h1-3,5,9H,4,6H2/t9-,10+/m0/s1. The van der Waals surface area contributed by atoms with Crippen LogP contribution in [0.25, 0.3) is 0 Å². The zero-order chi connectivity index (χ0) is 9.88. The molecule has 3 aliphatic heterocycles. The molecule has 3 aliphatic rings. The number of nitrogens with zero attached hydrogens (tertiary/aromatic N) is 1. The molecule has 1 aromatic heterocycles. The van der Waals surface area contributed by atoms with Gasteiger partial charge in [0.25, 0.3) is 0 Å². The summed E-state index contributed by atoms with van der Waals surface area (Å²) in [5.41, 5.74) is 1.08. The highest BCUT2D eigenvalue weighted by Crippen LogP contribution is 2.40. The van der Waals surface area contributed by atoms with E-state index in [0.717, 1.165) is 11.5 Å². The van der Waals surface area contributed by atoms with Crippen molar-refractivity contribution in [2.45, 2.75) is 18.3 Å². The van der Waals surface area contributed by atoms with Gasteiger partial charge >= 0.3 is 5.79 Å². The first-order valence-electron chi connectivity index (χ1n) is 4.85. The normalized spacial score (nSPS) is 35.5. The van der Waals surface area contributed by atoms with Crippen LogP contribution in [0, 0.1) is 0 Å². The molecule has 4 rings (SSSR count). The molecule has 0 N–H and O–H groups in total. The van der Waals surface area contributed by atoms with Gasteiger partial charge in [0.1, 0.15) is 6.26 Å². The van der Waals surface area contributed by atoms with E-state index in [1.807, 2.05) is 18.3 Å². The minimum Gasteiger partial charge on any atom is -0.466 e. The van der Waals surface area contributed by atoms with Gasteiger partial charge in [-0.2, -0.15) is 4.73 Å². The Morgan fingerprint density at radius 1 is 1.47 bits per heavy atom. The van der Waals surface area contributed by atoms with Crippen LogP contribution in [0.5, 0.6) is 0 Å². The lowest BCUT2D eigenvalue weighted by Gasteiger charge is -2.25. The van der Waals surface area contributed by atoms with Gasteiger partial charge in [-0.3, -0.25) is 0 Å². The monoisotopic (exact) mass is 207 g/mol. The quantitative estimate of drug-likeness (QED) is 0.618. The summed E-state index contributed by atoms with van der Waals surface area (Å²) in [5, 5.41) is 0. The molecule has 1 spiro atoms. The summed E-state index contributed by atoms with van der Waals surface area (Å²) in [7, 11) is 0. The summed E-state index contributed by atoms with van der Waals surface area (Å²) >= 11 is 0. The van der Waals surface area contributed by atoms with Crippen molar-refractivity contribution in [3.63, 3.8) is 0 Å². The van der Waals surface area contributed by atoms with E-state index in [0.29, 0.717) is 6.42 Å². The largest absolute Gasteiger partial charge is 0.466 e. The average Bonchev–Trinajstić information content (AvgIpc) is 2.91. The third-order valence-corrected chi connectivity index (χ3v) is 2.97. The van der Waals surface area contributed by atoms with Crippen molar-refractivity contribution in [3.8, 4) is 0 Å². The van der Waals surface area contributed by atoms with Crippen LogP contribution >= 0.6 is 0 Å². The van der Waals surface area contributed by atoms with Crippen LogP contribution in [-0.2, 0) is 20.6 Å². The third kappa shape index (κ3) is 0.818. The lowest BCUT2D eigenvalue weighted by Crippen LogP contribution is -2.47. The number of hydrogen-bond acceptors (Lipinski definition) is 4. The molecule has 2 atom stereocenters. The molecule has 78 valence electrons. The van der Waals surface area contributed by atoms with Crippen molar-refractivity contribution < 1.29 is 19.0 Å². The van der Waals surface area contributed by atoms with Crippen LogP contribution in [0.1, 0.15) is 5.69 Å². The second-order valence-electron chi connectivity index (χ2n) is 3.85. The van der Waals surface area contributed by atoms with E-state index in [9.17, 15) is 0 Å². The van der Waals surface area contributed by atoms with Gasteiger partial charge in [0.05, 0.1) is 12.1 Å². The minimum atomic E-state index is -0.748. The fourth-order valence-corrected chi connectivity index (χ4v) is 2.27. The summed E-state index contributed by atoms with van der Waals surface area (Å²) < 4.78 is 18.0. The Labute approximate surface area is 85.7 Å². The first kappa shape index (κ1) is 7.64. The van der Waals surface area contributed by atoms with Crippen molar-refractivity contribution in [2.75, 3.05) is 6.79 Å². The van der Waals surface area contributed by atoms with E-state index in [1.54, 1.807) is 11.0 Å². The maximum Gasteiger partial charge on any atom is 0.311 e. The summed E-state index contributed by atoms with van der Waals surface area (Å²) in [6.45, 7) is 0.278. The van der Waals surface area contributed by atoms with Crippen LogP contribution in [0.3, 0.4) is 0 Å². The molecule has 0 saturated carbocycles. The van der Waals surface area contributed by atoms with Crippen molar-refractivity contribution in [1.29, 1.82) is 0 Å². The van der Waals surface area contributed by atoms with Crippen molar-refractivity contribution in [1.82, 2.24) is 4.73 Å². The molecule has 1 fully saturated rings. The summed E-state index contributed by atoms with van der Waals surface area (Å²) in [6.07, 6.45) is 3.89. The van der Waals surface area contributed by atoms with Gasteiger partial charge in [-0.15, -0.1) is 0 Å². The minimum absolute atomic E-state index is 0.239. The molecule has 1 saturated heterocycles. The van der Waals surface area contributed by atoms with Gasteiger partial charge in [-0.1, -0.05) is 0 Å². The number of fused-ring (bicyclic) bond motifs is 3. The molecule has 0 bridgehead atoms. The molecule has 0 aliphatic carbocycles. The predicted molar refractivity (Wildman–Crippen MR) is 47.4 cm³/mol. The number of aromatic nitrogens is 1. The summed E-state index contributed by atoms with van der Waals surface area (Å²) in [6, 6.07) is 3.95. The zero-order valence-corrected chi connectivity index (χ0v) is 7.88. The zero-order valence-electron chi connectivity index (χ0n) is 7.88. The Hall–Kier alpha value is -1.62. The molecule has 0 aromatic carbocycles. The second-order valence-corrected chi connectivity index (χ2v) is 3.85. The van der Waals surface area contributed by atoms with E-state index in [1.165, 1.54) is 0 Å². The van der Waals surface area contributed by atoms with Crippen LogP contribution in [0.2, 0.25) is 0 Å². The molecule has 15 heavy (non-hydrogen) atoms. The van der Waals surface area contributed by atoms with Gasteiger partial charge in [0, 0.05) is 6.20 Å². The maximum absolute atomic E-state index is 5.75. The van der Waals surface area contributed by atoms with E-state index >= 15 is 0 Å². The SMILES string of the molecule is C1=C2OCO[C@@H]2[C@]2(Cc3cccn3O2)O1. The molecule has 4 heterocycles. The van der Waals surface area contributed by atoms with Crippen molar-refractivity contribution in [2.24, 2.45) is 0 Å². The first-order chi connectivity index (χ1) is 7.37. The van der Waals surface area contributed by atoms with Gasteiger partial charge in [0.15, 0.2) is 12.6 Å². The van der Waals surface area contributed by atoms with E-state index < -0.39 is 5.79 Å². The number of rotatable bonds is 0. The maximum atomic E-state index is 5.75. The second kappa shape index (κ2) is 2.30. The van der Waals surface area contributed by atoms with Crippen LogP contribution < -0.4 is 4.84 Å². The van der Waals surface area contributed by atoms with Crippen molar-refractivity contribution >= 4 is 0 Å². The summed E-state index contributed by atoms with van der Waals surface area (Å²) in [4.78, 5) is 5.75. The van der Waals surface area contributed by atoms with Gasteiger partial charge < -0.3 is 19.0 Å². The van der Waals surface area contributed by atoms with Crippen LogP contribution in [0.4, 0.5) is 0 Å². The Kier molecular flexibility index (Phi) is 1.17. The molecule has 0 radical (unpaired) electrons. The Bertz CT molecular complexity index is 430. The third-order valence-electron chi connectivity index (χ3n) is 2.97. The number of ether oxygens (including phenoxy) is 3. The van der Waals surface area contributed by atoms with Gasteiger partial charge in [-0.05, 0) is 12.1 Å². The lowest BCUT2D eigenvalue weighted by molar-refractivity contribution is -0.220. The van der Waals surface area contributed by atoms with Crippen LogP contribution in [-0.4, -0.2) is 23.4 Å². The highest BCUT2D eigenvalue weighted by atomic mass is 16.8. The Morgan fingerprint density at radius 3 is 3.40 bits per heavy atom. The molecule has 5 nitrogen and oxygen atoms in total. The predicted octanol–water partition coefficient (Wildman–Crippen LogP) is 0.414. The van der Waals surface area contributed by atoms with E-state index in [2.05, 4.69) is 0 Å². The fourth-order valence-electron chi connectivity index (χ4n) is 2.27. The Morgan fingerprint density at radius 2 is 2.47 bits per heavy atom. The molecule has 0 unspecified atom stereocenters. The lowest BCUT2D eigenvalue weighted by atomic mass is 10.1. The molecular formula is C10H9NO4. The Balaban J connectivity index is 1.72.